The van der Waals surface area contributed by atoms with Crippen LogP contribution >= 0.6 is 11.3 Å². The van der Waals surface area contributed by atoms with Crippen LogP contribution in [0.25, 0.3) is 0 Å². The van der Waals surface area contributed by atoms with E-state index in [-0.39, 0.29) is 18.8 Å². The van der Waals surface area contributed by atoms with Crippen LogP contribution in [-0.2, 0) is 22.5 Å². The zero-order valence-corrected chi connectivity index (χ0v) is 12.1. The van der Waals surface area contributed by atoms with Crippen molar-refractivity contribution in [3.63, 3.8) is 0 Å². The van der Waals surface area contributed by atoms with Crippen LogP contribution in [0.3, 0.4) is 0 Å². The lowest BCUT2D eigenvalue weighted by atomic mass is 10.2. The molecule has 0 unspecified atom stereocenters. The van der Waals surface area contributed by atoms with Crippen molar-refractivity contribution in [3.05, 3.63) is 21.9 Å². The number of thiophene rings is 1. The summed E-state index contributed by atoms with van der Waals surface area (Å²) in [4.78, 5) is 13.1. The molecule has 1 aromatic rings. The molecule has 0 saturated heterocycles. The average Bonchev–Trinajstić information content (AvgIpc) is 2.79. The van der Waals surface area contributed by atoms with Gasteiger partial charge in [-0.2, -0.15) is 13.2 Å². The zero-order valence-electron chi connectivity index (χ0n) is 11.3. The lowest BCUT2D eigenvalue weighted by Crippen LogP contribution is -2.15. The normalized spacial score (nSPS) is 11.6. The van der Waals surface area contributed by atoms with Gasteiger partial charge in [-0.1, -0.05) is 0 Å². The highest BCUT2D eigenvalue weighted by Gasteiger charge is 2.25. The highest BCUT2D eigenvalue weighted by atomic mass is 32.1. The predicted molar refractivity (Wildman–Crippen MR) is 71.7 cm³/mol. The van der Waals surface area contributed by atoms with Crippen molar-refractivity contribution in [3.8, 4) is 0 Å². The van der Waals surface area contributed by atoms with Gasteiger partial charge in [0, 0.05) is 22.7 Å². The number of carbonyl (C=O) groups is 1. The SMILES string of the molecule is COC(=O)Cc1ccc(CNCCCCC(F)(F)F)s1. The Kier molecular flexibility index (Phi) is 7.01. The fourth-order valence-electron chi connectivity index (χ4n) is 1.61. The Morgan fingerprint density at radius 2 is 2.00 bits per heavy atom. The van der Waals surface area contributed by atoms with Gasteiger partial charge < -0.3 is 10.1 Å². The molecule has 114 valence electrons. The number of hydrogen-bond acceptors (Lipinski definition) is 4. The van der Waals surface area contributed by atoms with E-state index < -0.39 is 12.6 Å². The minimum Gasteiger partial charge on any atom is -0.469 e. The molecule has 1 aromatic heterocycles. The fraction of sp³-hybridized carbons (Fsp3) is 0.615. The molecule has 0 bridgehead atoms. The lowest BCUT2D eigenvalue weighted by Gasteiger charge is -2.06. The van der Waals surface area contributed by atoms with E-state index in [2.05, 4.69) is 10.1 Å². The summed E-state index contributed by atoms with van der Waals surface area (Å²) in [6.07, 6.45) is -3.88. The number of esters is 1. The van der Waals surface area contributed by atoms with Crippen LogP contribution in [0.1, 0.15) is 29.0 Å². The van der Waals surface area contributed by atoms with Gasteiger partial charge >= 0.3 is 12.1 Å². The second kappa shape index (κ2) is 8.26. The van der Waals surface area contributed by atoms with Crippen LogP contribution in [0.4, 0.5) is 13.2 Å². The molecule has 0 fully saturated rings. The number of nitrogens with one attached hydrogen (secondary N) is 1. The summed E-state index contributed by atoms with van der Waals surface area (Å²) in [5.74, 6) is -0.279. The maximum Gasteiger partial charge on any atom is 0.389 e. The average molecular weight is 309 g/mol. The van der Waals surface area contributed by atoms with Gasteiger partial charge in [-0.05, 0) is 31.5 Å². The van der Waals surface area contributed by atoms with Crippen LogP contribution < -0.4 is 5.32 Å². The first kappa shape index (κ1) is 17.0. The van der Waals surface area contributed by atoms with Crippen molar-refractivity contribution in [1.82, 2.24) is 5.32 Å². The quantitative estimate of drug-likeness (QED) is 0.591. The maximum atomic E-state index is 11.9. The van der Waals surface area contributed by atoms with Gasteiger partial charge in [0.25, 0.3) is 0 Å². The Bertz CT molecular complexity index is 418. The Morgan fingerprint density at radius 1 is 1.30 bits per heavy atom. The number of alkyl halides is 3. The van der Waals surface area contributed by atoms with Crippen molar-refractivity contribution >= 4 is 17.3 Å². The van der Waals surface area contributed by atoms with Gasteiger partial charge in [0.15, 0.2) is 0 Å². The molecule has 1 heterocycles. The number of unbranched alkanes of at least 4 members (excludes halogenated alkanes) is 1. The minimum atomic E-state index is -4.06. The molecule has 0 aliphatic heterocycles. The first-order chi connectivity index (χ1) is 9.40. The molecule has 3 nitrogen and oxygen atoms in total. The molecule has 0 aliphatic rings. The Balaban J connectivity index is 2.15. The van der Waals surface area contributed by atoms with E-state index in [0.717, 1.165) is 9.75 Å². The number of hydrogen-bond donors (Lipinski definition) is 1. The largest absolute Gasteiger partial charge is 0.469 e. The molecule has 7 heteroatoms. The number of rotatable bonds is 8. The molecule has 0 aromatic carbocycles. The monoisotopic (exact) mass is 309 g/mol. The van der Waals surface area contributed by atoms with E-state index in [1.807, 2.05) is 12.1 Å². The van der Waals surface area contributed by atoms with Gasteiger partial charge in [0.1, 0.15) is 0 Å². The topological polar surface area (TPSA) is 38.3 Å². The highest BCUT2D eigenvalue weighted by Crippen LogP contribution is 2.22. The third kappa shape index (κ3) is 7.49. The Morgan fingerprint density at radius 3 is 2.65 bits per heavy atom. The highest BCUT2D eigenvalue weighted by molar-refractivity contribution is 7.12. The predicted octanol–water partition coefficient (Wildman–Crippen LogP) is 3.29. The van der Waals surface area contributed by atoms with Crippen LogP contribution in [-0.4, -0.2) is 25.8 Å². The first-order valence-electron chi connectivity index (χ1n) is 6.32. The minimum absolute atomic E-state index is 0.147. The molecule has 0 amide bonds. The molecule has 0 aliphatic carbocycles. The van der Waals surface area contributed by atoms with Gasteiger partial charge in [0.2, 0.25) is 0 Å². The van der Waals surface area contributed by atoms with E-state index in [1.54, 1.807) is 0 Å². The first-order valence-corrected chi connectivity index (χ1v) is 7.14. The Labute approximate surface area is 120 Å². The molecular weight excluding hydrogens is 291 g/mol. The van der Waals surface area contributed by atoms with E-state index in [4.69, 9.17) is 0 Å². The zero-order chi connectivity index (χ0) is 15.0. The van der Waals surface area contributed by atoms with Crippen LogP contribution in [0, 0.1) is 0 Å². The van der Waals surface area contributed by atoms with E-state index >= 15 is 0 Å². The molecule has 20 heavy (non-hydrogen) atoms. The van der Waals surface area contributed by atoms with E-state index in [0.29, 0.717) is 19.5 Å². The number of halogens is 3. The Hall–Kier alpha value is -1.08. The number of carbonyl (C=O) groups excluding carboxylic acids is 1. The van der Waals surface area contributed by atoms with Gasteiger partial charge in [-0.3, -0.25) is 4.79 Å². The second-order valence-electron chi connectivity index (χ2n) is 4.37. The summed E-state index contributed by atoms with van der Waals surface area (Å²) in [6, 6.07) is 3.77. The van der Waals surface area contributed by atoms with Crippen LogP contribution in [0.5, 0.6) is 0 Å². The van der Waals surface area contributed by atoms with Gasteiger partial charge in [0.05, 0.1) is 13.5 Å². The van der Waals surface area contributed by atoms with Crippen molar-refractivity contribution in [2.45, 2.75) is 38.4 Å². The molecule has 1 N–H and O–H groups in total. The van der Waals surface area contributed by atoms with Crippen molar-refractivity contribution in [1.29, 1.82) is 0 Å². The second-order valence-corrected chi connectivity index (χ2v) is 5.62. The third-order valence-electron chi connectivity index (χ3n) is 2.63. The molecule has 0 saturated carbocycles. The smallest absolute Gasteiger partial charge is 0.389 e. The van der Waals surface area contributed by atoms with Gasteiger partial charge in [-0.25, -0.2) is 0 Å². The van der Waals surface area contributed by atoms with Crippen LogP contribution in [0.2, 0.25) is 0 Å². The summed E-state index contributed by atoms with van der Waals surface area (Å²) in [6.45, 7) is 1.16. The van der Waals surface area contributed by atoms with E-state index in [1.165, 1.54) is 18.4 Å². The summed E-state index contributed by atoms with van der Waals surface area (Å²) >= 11 is 1.50. The summed E-state index contributed by atoms with van der Waals surface area (Å²) < 4.78 is 40.3. The fourth-order valence-corrected chi connectivity index (χ4v) is 2.59. The molecule has 0 radical (unpaired) electrons. The molecule has 1 rings (SSSR count). The van der Waals surface area contributed by atoms with Crippen molar-refractivity contribution in [2.24, 2.45) is 0 Å². The van der Waals surface area contributed by atoms with Crippen LogP contribution in [0.15, 0.2) is 12.1 Å². The standard InChI is InChI=1S/C13H18F3NO2S/c1-19-12(18)8-10-4-5-11(20-10)9-17-7-3-2-6-13(14,15)16/h4-5,17H,2-3,6-9H2,1H3. The lowest BCUT2D eigenvalue weighted by molar-refractivity contribution is -0.139. The van der Waals surface area contributed by atoms with E-state index in [9.17, 15) is 18.0 Å². The molecular formula is C13H18F3NO2S. The number of methoxy groups -OCH3 is 1. The third-order valence-corrected chi connectivity index (χ3v) is 3.71. The van der Waals surface area contributed by atoms with Gasteiger partial charge in [-0.15, -0.1) is 11.3 Å². The summed E-state index contributed by atoms with van der Waals surface area (Å²) in [5.41, 5.74) is 0. The maximum absolute atomic E-state index is 11.9. The molecule has 0 spiro atoms. The summed E-state index contributed by atoms with van der Waals surface area (Å²) in [7, 11) is 1.35. The number of ether oxygens (including phenoxy) is 1. The summed E-state index contributed by atoms with van der Waals surface area (Å²) in [5, 5.41) is 3.10. The van der Waals surface area contributed by atoms with Crippen molar-refractivity contribution in [2.75, 3.05) is 13.7 Å². The molecule has 0 atom stereocenters. The van der Waals surface area contributed by atoms with Crippen molar-refractivity contribution < 1.29 is 22.7 Å².